The normalized spacial score (nSPS) is 22.9. The summed E-state index contributed by atoms with van der Waals surface area (Å²) in [7, 11) is -3.22. The number of thiophene rings is 1. The van der Waals surface area contributed by atoms with Crippen molar-refractivity contribution in [2.45, 2.75) is 76.8 Å². The van der Waals surface area contributed by atoms with Gasteiger partial charge in [-0.1, -0.05) is 6.42 Å². The van der Waals surface area contributed by atoms with Crippen LogP contribution >= 0.6 is 11.3 Å². The summed E-state index contributed by atoms with van der Waals surface area (Å²) in [6.07, 6.45) is 13.1. The minimum Gasteiger partial charge on any atom is -0.352 e. The van der Waals surface area contributed by atoms with Crippen molar-refractivity contribution in [2.75, 3.05) is 37.3 Å². The van der Waals surface area contributed by atoms with Gasteiger partial charge in [0.15, 0.2) is 0 Å². The number of likely N-dealkylation sites (tertiary alicyclic amines) is 1. The van der Waals surface area contributed by atoms with E-state index in [0.717, 1.165) is 74.8 Å². The Morgan fingerprint density at radius 1 is 1.00 bits per heavy atom. The molecule has 9 heteroatoms. The van der Waals surface area contributed by atoms with Crippen molar-refractivity contribution in [1.82, 2.24) is 19.6 Å². The lowest BCUT2D eigenvalue weighted by molar-refractivity contribution is 0.216. The minimum atomic E-state index is -3.22. The van der Waals surface area contributed by atoms with Crippen LogP contribution in [0.5, 0.6) is 0 Å². The predicted molar refractivity (Wildman–Crippen MR) is 131 cm³/mol. The van der Waals surface area contributed by atoms with Gasteiger partial charge in [0.05, 0.1) is 18.2 Å². The van der Waals surface area contributed by atoms with Crippen molar-refractivity contribution in [3.05, 3.63) is 16.3 Å². The molecule has 0 bridgehead atoms. The lowest BCUT2D eigenvalue weighted by atomic mass is 9.96. The molecule has 2 fully saturated rings. The molecule has 0 amide bonds. The maximum atomic E-state index is 11.8. The number of hydrogen-bond acceptors (Lipinski definition) is 7. The van der Waals surface area contributed by atoms with E-state index in [2.05, 4.69) is 14.5 Å². The number of anilines is 1. The SMILES string of the molecule is CS(=O)(=O)NCC1CCCCN1c1nc(CN2CCCCC2)nc2sc3c(c12)CCCC3. The van der Waals surface area contributed by atoms with Crippen LogP contribution in [-0.4, -0.2) is 61.8 Å². The molecular formula is C23H35N5O2S2. The third-order valence-corrected chi connectivity index (χ3v) is 9.01. The summed E-state index contributed by atoms with van der Waals surface area (Å²) >= 11 is 1.87. The van der Waals surface area contributed by atoms with E-state index in [4.69, 9.17) is 9.97 Å². The second-order valence-corrected chi connectivity index (χ2v) is 12.6. The van der Waals surface area contributed by atoms with Gasteiger partial charge in [0.25, 0.3) is 0 Å². The summed E-state index contributed by atoms with van der Waals surface area (Å²) in [5, 5.41) is 1.25. The highest BCUT2D eigenvalue weighted by Crippen LogP contribution is 2.41. The molecule has 1 atom stereocenters. The van der Waals surface area contributed by atoms with Gasteiger partial charge < -0.3 is 4.90 Å². The van der Waals surface area contributed by atoms with Crippen LogP contribution in [0, 0.1) is 0 Å². The first-order chi connectivity index (χ1) is 15.5. The van der Waals surface area contributed by atoms with E-state index in [0.29, 0.717) is 6.54 Å². The highest BCUT2D eigenvalue weighted by atomic mass is 32.2. The van der Waals surface area contributed by atoms with Gasteiger partial charge >= 0.3 is 0 Å². The van der Waals surface area contributed by atoms with Gasteiger partial charge in [-0.2, -0.15) is 0 Å². The predicted octanol–water partition coefficient (Wildman–Crippen LogP) is 3.46. The number of aromatic nitrogens is 2. The number of rotatable bonds is 6. The van der Waals surface area contributed by atoms with Crippen LogP contribution in [0.3, 0.4) is 0 Å². The highest BCUT2D eigenvalue weighted by Gasteiger charge is 2.30. The summed E-state index contributed by atoms with van der Waals surface area (Å²) in [6, 6.07) is 0.138. The monoisotopic (exact) mass is 477 g/mol. The fourth-order valence-corrected chi connectivity index (χ4v) is 7.29. The van der Waals surface area contributed by atoms with E-state index in [1.165, 1.54) is 54.2 Å². The van der Waals surface area contributed by atoms with E-state index < -0.39 is 10.0 Å². The molecule has 0 spiro atoms. The smallest absolute Gasteiger partial charge is 0.208 e. The van der Waals surface area contributed by atoms with Crippen LogP contribution in [0.25, 0.3) is 10.2 Å². The number of aryl methyl sites for hydroxylation is 2. The molecule has 5 rings (SSSR count). The summed E-state index contributed by atoms with van der Waals surface area (Å²) < 4.78 is 26.3. The Morgan fingerprint density at radius 3 is 2.59 bits per heavy atom. The zero-order valence-corrected chi connectivity index (χ0v) is 20.7. The van der Waals surface area contributed by atoms with Crippen molar-refractivity contribution in [3.63, 3.8) is 0 Å². The number of piperidine rings is 2. The summed E-state index contributed by atoms with van der Waals surface area (Å²) in [6.45, 7) is 4.43. The second-order valence-electron chi connectivity index (χ2n) is 9.65. The Morgan fingerprint density at radius 2 is 1.78 bits per heavy atom. The van der Waals surface area contributed by atoms with E-state index in [9.17, 15) is 8.42 Å². The van der Waals surface area contributed by atoms with Crippen LogP contribution in [0.15, 0.2) is 0 Å². The average molecular weight is 478 g/mol. The van der Waals surface area contributed by atoms with Gasteiger partial charge in [-0.3, -0.25) is 4.90 Å². The summed E-state index contributed by atoms with van der Waals surface area (Å²) in [5.41, 5.74) is 1.45. The molecule has 3 aliphatic rings. The first-order valence-corrected chi connectivity index (χ1v) is 14.9. The number of sulfonamides is 1. The Bertz CT molecular complexity index is 1060. The Hall–Kier alpha value is -1.29. The molecule has 2 saturated heterocycles. The number of nitrogens with zero attached hydrogens (tertiary/aromatic N) is 4. The summed E-state index contributed by atoms with van der Waals surface area (Å²) in [5.74, 6) is 1.98. The molecule has 1 unspecified atom stereocenters. The second kappa shape index (κ2) is 9.52. The molecule has 7 nitrogen and oxygen atoms in total. The topological polar surface area (TPSA) is 78.4 Å². The number of fused-ring (bicyclic) bond motifs is 3. The molecule has 2 aliphatic heterocycles. The minimum absolute atomic E-state index is 0.138. The average Bonchev–Trinajstić information content (AvgIpc) is 3.16. The molecule has 4 heterocycles. The molecule has 0 radical (unpaired) electrons. The Labute approximate surface area is 195 Å². The van der Waals surface area contributed by atoms with E-state index >= 15 is 0 Å². The molecular weight excluding hydrogens is 442 g/mol. The maximum absolute atomic E-state index is 11.8. The fraction of sp³-hybridized carbons (Fsp3) is 0.739. The Balaban J connectivity index is 1.54. The van der Waals surface area contributed by atoms with Gasteiger partial charge in [-0.25, -0.2) is 23.1 Å². The largest absolute Gasteiger partial charge is 0.352 e. The van der Waals surface area contributed by atoms with Gasteiger partial charge in [-0.15, -0.1) is 11.3 Å². The number of nitrogens with one attached hydrogen (secondary N) is 1. The van der Waals surface area contributed by atoms with Crippen LogP contribution in [-0.2, 0) is 29.4 Å². The third-order valence-electron chi connectivity index (χ3n) is 7.14. The molecule has 1 N–H and O–H groups in total. The molecule has 2 aromatic rings. The fourth-order valence-electron chi connectivity index (χ4n) is 5.52. The molecule has 1 aliphatic carbocycles. The van der Waals surface area contributed by atoms with Crippen LogP contribution in [0.4, 0.5) is 5.82 Å². The van der Waals surface area contributed by atoms with Crippen molar-refractivity contribution < 1.29 is 8.42 Å². The van der Waals surface area contributed by atoms with Crippen LogP contribution < -0.4 is 9.62 Å². The molecule has 32 heavy (non-hydrogen) atoms. The maximum Gasteiger partial charge on any atom is 0.208 e. The number of hydrogen-bond donors (Lipinski definition) is 1. The zero-order valence-electron chi connectivity index (χ0n) is 19.1. The molecule has 0 saturated carbocycles. The standard InChI is InChI=1S/C23H35N5O2S2/c1-32(29,30)24-15-17-9-5-8-14-28(17)22-21-18-10-3-4-11-19(18)31-23(21)26-20(25-22)16-27-12-6-2-7-13-27/h17,24H,2-16H2,1H3. The van der Waals surface area contributed by atoms with E-state index in [1.54, 1.807) is 0 Å². The highest BCUT2D eigenvalue weighted by molar-refractivity contribution is 7.88. The van der Waals surface area contributed by atoms with Crippen molar-refractivity contribution in [1.29, 1.82) is 0 Å². The summed E-state index contributed by atoms with van der Waals surface area (Å²) in [4.78, 5) is 17.8. The van der Waals surface area contributed by atoms with E-state index in [-0.39, 0.29) is 6.04 Å². The van der Waals surface area contributed by atoms with Gasteiger partial charge in [0.2, 0.25) is 10.0 Å². The quantitative estimate of drug-likeness (QED) is 0.686. The van der Waals surface area contributed by atoms with Gasteiger partial charge in [0, 0.05) is 24.0 Å². The van der Waals surface area contributed by atoms with Gasteiger partial charge in [0.1, 0.15) is 16.5 Å². The van der Waals surface area contributed by atoms with Crippen molar-refractivity contribution >= 4 is 37.4 Å². The first-order valence-electron chi connectivity index (χ1n) is 12.2. The lowest BCUT2D eigenvalue weighted by Crippen LogP contribution is -2.47. The van der Waals surface area contributed by atoms with E-state index in [1.807, 2.05) is 11.3 Å². The molecule has 176 valence electrons. The van der Waals surface area contributed by atoms with Gasteiger partial charge in [-0.05, 0) is 76.4 Å². The Kier molecular flexibility index (Phi) is 6.70. The first kappa shape index (κ1) is 22.5. The van der Waals surface area contributed by atoms with Crippen LogP contribution in [0.1, 0.15) is 67.6 Å². The van der Waals surface area contributed by atoms with Crippen molar-refractivity contribution in [3.8, 4) is 0 Å². The third kappa shape index (κ3) is 4.95. The van der Waals surface area contributed by atoms with Crippen LogP contribution in [0.2, 0.25) is 0 Å². The molecule has 2 aromatic heterocycles. The zero-order chi connectivity index (χ0) is 22.1. The van der Waals surface area contributed by atoms with Crippen molar-refractivity contribution in [2.24, 2.45) is 0 Å². The molecule has 0 aromatic carbocycles. The lowest BCUT2D eigenvalue weighted by Gasteiger charge is -2.37.